The fourth-order valence-electron chi connectivity index (χ4n) is 0.298. The second kappa shape index (κ2) is 4.31. The topological polar surface area (TPSA) is 26.3 Å². The summed E-state index contributed by atoms with van der Waals surface area (Å²) in [4.78, 5) is 10.8. The largest absolute Gasteiger partial charge is 0.463 e. The van der Waals surface area contributed by atoms with E-state index in [-0.39, 0.29) is 0 Å². The van der Waals surface area contributed by atoms with Crippen molar-refractivity contribution in [1.82, 2.24) is 0 Å². The summed E-state index contributed by atoms with van der Waals surface area (Å²) in [5.41, 5.74) is 0. The van der Waals surface area contributed by atoms with E-state index in [0.29, 0.717) is 6.61 Å². The molecule has 0 aromatic carbocycles. The van der Waals surface area contributed by atoms with E-state index in [1.54, 1.807) is 13.2 Å². The number of rotatable bonds is 3. The van der Waals surface area contributed by atoms with Crippen LogP contribution in [0.1, 0.15) is 6.92 Å². The number of halogens is 2. The number of carbonyl (C=O) groups excluding carboxylic acids is 1. The van der Waals surface area contributed by atoms with Crippen molar-refractivity contribution in [2.24, 2.45) is 0 Å². The first-order valence-corrected chi connectivity index (χ1v) is 4.63. The number of carbonyl (C=O) groups is 1. The van der Waals surface area contributed by atoms with E-state index in [9.17, 15) is 4.79 Å². The van der Waals surface area contributed by atoms with Gasteiger partial charge in [-0.15, -0.1) is 11.8 Å². The van der Waals surface area contributed by atoms with Crippen molar-refractivity contribution < 1.29 is 9.53 Å². The highest BCUT2D eigenvalue weighted by atomic mass is 35.5. The van der Waals surface area contributed by atoms with Crippen LogP contribution in [-0.4, -0.2) is 22.5 Å². The second-order valence-electron chi connectivity index (χ2n) is 1.44. The van der Waals surface area contributed by atoms with E-state index >= 15 is 0 Å². The van der Waals surface area contributed by atoms with Gasteiger partial charge in [-0.2, -0.15) is 0 Å². The highest BCUT2D eigenvalue weighted by Gasteiger charge is 2.34. The van der Waals surface area contributed by atoms with Crippen LogP contribution in [0.2, 0.25) is 0 Å². The van der Waals surface area contributed by atoms with Crippen molar-refractivity contribution in [3.05, 3.63) is 0 Å². The molecule has 5 heteroatoms. The summed E-state index contributed by atoms with van der Waals surface area (Å²) in [7, 11) is 0. The summed E-state index contributed by atoms with van der Waals surface area (Å²) in [6.45, 7) is 1.99. The number of thioether (sulfide) groups is 1. The summed E-state index contributed by atoms with van der Waals surface area (Å²) in [6, 6.07) is 0. The predicted molar refractivity (Wildman–Crippen MR) is 44.6 cm³/mol. The van der Waals surface area contributed by atoms with Gasteiger partial charge in [0.25, 0.3) is 3.67 Å². The summed E-state index contributed by atoms with van der Waals surface area (Å²) in [5, 5.41) is 0. The monoisotopic (exact) mass is 202 g/mol. The van der Waals surface area contributed by atoms with Gasteiger partial charge in [0.15, 0.2) is 0 Å². The molecule has 0 fully saturated rings. The average molecular weight is 203 g/mol. The Bertz CT molecular complexity index is 127. The average Bonchev–Trinajstić information content (AvgIpc) is 1.89. The van der Waals surface area contributed by atoms with Crippen LogP contribution in [0.4, 0.5) is 0 Å². The lowest BCUT2D eigenvalue weighted by Gasteiger charge is -2.13. The van der Waals surface area contributed by atoms with Gasteiger partial charge in [-0.25, -0.2) is 4.79 Å². The minimum absolute atomic E-state index is 0.292. The molecule has 2 nitrogen and oxygen atoms in total. The number of ether oxygens (including phenoxy) is 1. The maximum absolute atomic E-state index is 10.8. The number of hydrogen-bond acceptors (Lipinski definition) is 3. The first-order valence-electron chi connectivity index (χ1n) is 2.64. The quantitative estimate of drug-likeness (QED) is 0.518. The molecule has 0 N–H and O–H groups in total. The van der Waals surface area contributed by atoms with Crippen LogP contribution in [0, 0.1) is 0 Å². The Labute approximate surface area is 74.2 Å². The Morgan fingerprint density at radius 2 is 2.20 bits per heavy atom. The second-order valence-corrected chi connectivity index (χ2v) is 4.24. The number of hydrogen-bond donors (Lipinski definition) is 0. The minimum Gasteiger partial charge on any atom is -0.463 e. The van der Waals surface area contributed by atoms with E-state index in [1.165, 1.54) is 0 Å². The lowest BCUT2D eigenvalue weighted by molar-refractivity contribution is -0.141. The van der Waals surface area contributed by atoms with Crippen LogP contribution in [0.3, 0.4) is 0 Å². The maximum Gasteiger partial charge on any atom is 0.353 e. The van der Waals surface area contributed by atoms with Gasteiger partial charge in [-0.1, -0.05) is 23.2 Å². The van der Waals surface area contributed by atoms with E-state index in [4.69, 9.17) is 23.2 Å². The molecule has 0 aromatic rings. The van der Waals surface area contributed by atoms with Gasteiger partial charge < -0.3 is 4.74 Å². The standard InChI is InChI=1S/C5H8Cl2O2S/c1-3-9-4(8)5(6,7)10-2/h3H2,1-2H3. The van der Waals surface area contributed by atoms with Gasteiger partial charge in [-0.05, 0) is 13.2 Å². The van der Waals surface area contributed by atoms with Crippen molar-refractivity contribution in [2.45, 2.75) is 10.6 Å². The molecular weight excluding hydrogens is 195 g/mol. The van der Waals surface area contributed by atoms with Crippen LogP contribution in [-0.2, 0) is 9.53 Å². The van der Waals surface area contributed by atoms with Crippen LogP contribution in [0.15, 0.2) is 0 Å². The highest BCUT2D eigenvalue weighted by Crippen LogP contribution is 2.33. The molecule has 0 heterocycles. The van der Waals surface area contributed by atoms with E-state index in [1.807, 2.05) is 0 Å². The molecule has 0 saturated heterocycles. The van der Waals surface area contributed by atoms with E-state index < -0.39 is 9.63 Å². The summed E-state index contributed by atoms with van der Waals surface area (Å²) >= 11 is 12.0. The van der Waals surface area contributed by atoms with Crippen molar-refractivity contribution in [3.63, 3.8) is 0 Å². The van der Waals surface area contributed by atoms with Crippen molar-refractivity contribution in [2.75, 3.05) is 12.9 Å². The molecule has 60 valence electrons. The third-order valence-corrected chi connectivity index (χ3v) is 2.68. The van der Waals surface area contributed by atoms with Gasteiger partial charge >= 0.3 is 5.97 Å². The molecule has 0 bridgehead atoms. The maximum atomic E-state index is 10.8. The Morgan fingerprint density at radius 3 is 2.50 bits per heavy atom. The van der Waals surface area contributed by atoms with Gasteiger partial charge in [-0.3, -0.25) is 0 Å². The Balaban J connectivity index is 3.91. The van der Waals surface area contributed by atoms with Crippen molar-refractivity contribution >= 4 is 40.9 Å². The zero-order valence-electron chi connectivity index (χ0n) is 5.69. The first-order chi connectivity index (χ1) is 4.54. The molecular formula is C5H8Cl2O2S. The first kappa shape index (κ1) is 10.4. The lowest BCUT2D eigenvalue weighted by Crippen LogP contribution is -2.24. The van der Waals surface area contributed by atoms with Crippen LogP contribution >= 0.6 is 35.0 Å². The van der Waals surface area contributed by atoms with Crippen LogP contribution < -0.4 is 0 Å². The molecule has 10 heavy (non-hydrogen) atoms. The third kappa shape index (κ3) is 2.99. The molecule has 0 saturated carbocycles. The lowest BCUT2D eigenvalue weighted by atomic mass is 10.7. The minimum atomic E-state index is -1.45. The highest BCUT2D eigenvalue weighted by molar-refractivity contribution is 8.03. The molecule has 0 aliphatic rings. The van der Waals surface area contributed by atoms with Crippen molar-refractivity contribution in [3.8, 4) is 0 Å². The van der Waals surface area contributed by atoms with Gasteiger partial charge in [0.2, 0.25) is 0 Å². The molecule has 0 unspecified atom stereocenters. The number of esters is 1. The fraction of sp³-hybridized carbons (Fsp3) is 0.800. The third-order valence-electron chi connectivity index (χ3n) is 0.769. The van der Waals surface area contributed by atoms with E-state index in [0.717, 1.165) is 11.8 Å². The molecule has 0 amide bonds. The Hall–Kier alpha value is 0.400. The molecule has 0 radical (unpaired) electrons. The number of alkyl halides is 2. The molecule has 0 spiro atoms. The fourth-order valence-corrected chi connectivity index (χ4v) is 0.633. The Morgan fingerprint density at radius 1 is 1.70 bits per heavy atom. The summed E-state index contributed by atoms with van der Waals surface area (Å²) in [5.74, 6) is -0.606. The molecule has 0 atom stereocenters. The Kier molecular flexibility index (Phi) is 4.49. The van der Waals surface area contributed by atoms with E-state index in [2.05, 4.69) is 4.74 Å². The molecule has 0 rings (SSSR count). The molecule has 0 aliphatic heterocycles. The van der Waals surface area contributed by atoms with Gasteiger partial charge in [0, 0.05) is 0 Å². The normalized spacial score (nSPS) is 11.2. The zero-order valence-corrected chi connectivity index (χ0v) is 8.02. The SMILES string of the molecule is CCOC(=O)C(Cl)(Cl)SC. The summed E-state index contributed by atoms with van der Waals surface area (Å²) in [6.07, 6.45) is 1.64. The van der Waals surface area contributed by atoms with Crippen LogP contribution in [0.25, 0.3) is 0 Å². The zero-order chi connectivity index (χ0) is 8.20. The smallest absolute Gasteiger partial charge is 0.353 e. The molecule has 0 aliphatic carbocycles. The van der Waals surface area contributed by atoms with Crippen molar-refractivity contribution in [1.29, 1.82) is 0 Å². The molecule has 0 aromatic heterocycles. The van der Waals surface area contributed by atoms with Gasteiger partial charge in [0.1, 0.15) is 0 Å². The van der Waals surface area contributed by atoms with Crippen LogP contribution in [0.5, 0.6) is 0 Å². The summed E-state index contributed by atoms with van der Waals surface area (Å²) < 4.78 is 3.13. The predicted octanol–water partition coefficient (Wildman–Crippen LogP) is 2.04. The van der Waals surface area contributed by atoms with Gasteiger partial charge in [0.05, 0.1) is 6.61 Å².